The van der Waals surface area contributed by atoms with Crippen LogP contribution < -0.4 is 5.32 Å². The van der Waals surface area contributed by atoms with Gasteiger partial charge in [0.05, 0.1) is 14.9 Å². The van der Waals surface area contributed by atoms with E-state index in [2.05, 4.69) is 5.32 Å². The standard InChI is InChI=1S/C27H35Cl2N3O4S/c1-3-25(27(34)30-21-10-7-8-11-21)32(19-20-15-16-23(28)24(29)18-20)26(33)14-9-17-31(2)37(35,36)22-12-5-4-6-13-22/h4-6,12-13,15-16,18,21,25H,3,7-11,14,17,19H2,1-2H3,(H,30,34). The Hall–Kier alpha value is -2.13. The van der Waals surface area contributed by atoms with Crippen LogP contribution in [0.15, 0.2) is 53.4 Å². The summed E-state index contributed by atoms with van der Waals surface area (Å²) in [4.78, 5) is 28.5. The van der Waals surface area contributed by atoms with Crippen LogP contribution in [-0.4, -0.2) is 55.1 Å². The highest BCUT2D eigenvalue weighted by Gasteiger charge is 2.31. The molecule has 1 aliphatic carbocycles. The maximum atomic E-state index is 13.5. The minimum atomic E-state index is -3.65. The molecule has 0 aliphatic heterocycles. The number of amides is 2. The summed E-state index contributed by atoms with van der Waals surface area (Å²) in [6, 6.07) is 12.9. The van der Waals surface area contributed by atoms with Crippen LogP contribution >= 0.6 is 23.2 Å². The summed E-state index contributed by atoms with van der Waals surface area (Å²) in [5.74, 6) is -0.378. The molecule has 10 heteroatoms. The number of carbonyl (C=O) groups is 2. The fourth-order valence-corrected chi connectivity index (χ4v) is 6.16. The quantitative estimate of drug-likeness (QED) is 0.379. The van der Waals surface area contributed by atoms with Gasteiger partial charge in [-0.2, -0.15) is 0 Å². The van der Waals surface area contributed by atoms with Crippen LogP contribution in [0.1, 0.15) is 57.4 Å². The third kappa shape index (κ3) is 7.93. The summed E-state index contributed by atoms with van der Waals surface area (Å²) in [5.41, 5.74) is 0.763. The maximum Gasteiger partial charge on any atom is 0.243 e. The minimum absolute atomic E-state index is 0.100. The van der Waals surface area contributed by atoms with Gasteiger partial charge in [-0.1, -0.05) is 67.2 Å². The highest BCUT2D eigenvalue weighted by Crippen LogP contribution is 2.25. The number of rotatable bonds is 12. The lowest BCUT2D eigenvalue weighted by Gasteiger charge is -2.32. The Kier molecular flexibility index (Phi) is 10.8. The molecule has 202 valence electrons. The van der Waals surface area contributed by atoms with E-state index in [0.717, 1.165) is 31.2 Å². The lowest BCUT2D eigenvalue weighted by Crippen LogP contribution is -2.51. The molecule has 1 unspecified atom stereocenters. The number of halogens is 2. The van der Waals surface area contributed by atoms with Crippen molar-refractivity contribution < 1.29 is 18.0 Å². The molecule has 1 atom stereocenters. The highest BCUT2D eigenvalue weighted by atomic mass is 35.5. The van der Waals surface area contributed by atoms with Crippen molar-refractivity contribution >= 4 is 45.0 Å². The zero-order chi connectivity index (χ0) is 27.0. The minimum Gasteiger partial charge on any atom is -0.352 e. The molecule has 0 bridgehead atoms. The van der Waals surface area contributed by atoms with Crippen molar-refractivity contribution in [2.75, 3.05) is 13.6 Å². The third-order valence-corrected chi connectivity index (χ3v) is 9.35. The first-order chi connectivity index (χ1) is 17.6. The maximum absolute atomic E-state index is 13.5. The van der Waals surface area contributed by atoms with E-state index >= 15 is 0 Å². The van der Waals surface area contributed by atoms with E-state index in [4.69, 9.17) is 23.2 Å². The van der Waals surface area contributed by atoms with Crippen molar-refractivity contribution in [2.45, 2.75) is 75.4 Å². The van der Waals surface area contributed by atoms with Gasteiger partial charge in [0.2, 0.25) is 21.8 Å². The lowest BCUT2D eigenvalue weighted by atomic mass is 10.1. The van der Waals surface area contributed by atoms with Gasteiger partial charge in [-0.3, -0.25) is 9.59 Å². The summed E-state index contributed by atoms with van der Waals surface area (Å²) >= 11 is 12.3. The molecule has 0 saturated heterocycles. The zero-order valence-corrected chi connectivity index (χ0v) is 23.7. The summed E-state index contributed by atoms with van der Waals surface area (Å²) < 4.78 is 26.9. The number of carbonyl (C=O) groups excluding carboxylic acids is 2. The Morgan fingerprint density at radius 1 is 1.05 bits per heavy atom. The third-order valence-electron chi connectivity index (χ3n) is 6.74. The molecule has 2 aromatic rings. The van der Waals surface area contributed by atoms with Gasteiger partial charge in [0.1, 0.15) is 6.04 Å². The number of sulfonamides is 1. The van der Waals surface area contributed by atoms with Crippen molar-refractivity contribution in [1.29, 1.82) is 0 Å². The van der Waals surface area contributed by atoms with Crippen LogP contribution in [0.25, 0.3) is 0 Å². The van der Waals surface area contributed by atoms with Gasteiger partial charge >= 0.3 is 0 Å². The van der Waals surface area contributed by atoms with Gasteiger partial charge < -0.3 is 10.2 Å². The van der Waals surface area contributed by atoms with Crippen LogP contribution in [0.3, 0.4) is 0 Å². The Bertz CT molecular complexity index is 1170. The van der Waals surface area contributed by atoms with Crippen molar-refractivity contribution in [3.05, 3.63) is 64.1 Å². The van der Waals surface area contributed by atoms with Gasteiger partial charge in [-0.15, -0.1) is 0 Å². The van der Waals surface area contributed by atoms with Crippen LogP contribution in [-0.2, 0) is 26.2 Å². The Labute approximate surface area is 230 Å². The first-order valence-corrected chi connectivity index (χ1v) is 14.9. The normalized spacial score (nSPS) is 15.1. The monoisotopic (exact) mass is 567 g/mol. The Morgan fingerprint density at radius 3 is 2.35 bits per heavy atom. The predicted molar refractivity (Wildman–Crippen MR) is 147 cm³/mol. The van der Waals surface area contributed by atoms with E-state index in [9.17, 15) is 18.0 Å². The van der Waals surface area contributed by atoms with Crippen LogP contribution in [0.2, 0.25) is 10.0 Å². The molecule has 7 nitrogen and oxygen atoms in total. The van der Waals surface area contributed by atoms with Gasteiger partial charge in [-0.25, -0.2) is 12.7 Å². The molecule has 1 aliphatic rings. The van der Waals surface area contributed by atoms with Crippen LogP contribution in [0.5, 0.6) is 0 Å². The van der Waals surface area contributed by atoms with Crippen molar-refractivity contribution in [1.82, 2.24) is 14.5 Å². The molecule has 3 rings (SSSR count). The Morgan fingerprint density at radius 2 is 1.73 bits per heavy atom. The van der Waals surface area contributed by atoms with E-state index in [1.807, 2.05) is 6.92 Å². The molecule has 0 radical (unpaired) electrons. The number of hydrogen-bond donors (Lipinski definition) is 1. The van der Waals surface area contributed by atoms with Crippen LogP contribution in [0.4, 0.5) is 0 Å². The molecule has 37 heavy (non-hydrogen) atoms. The van der Waals surface area contributed by atoms with Crippen molar-refractivity contribution in [3.8, 4) is 0 Å². The smallest absolute Gasteiger partial charge is 0.243 e. The largest absolute Gasteiger partial charge is 0.352 e. The molecule has 0 heterocycles. The lowest BCUT2D eigenvalue weighted by molar-refractivity contribution is -0.141. The predicted octanol–water partition coefficient (Wildman–Crippen LogP) is 5.26. The molecule has 2 aromatic carbocycles. The second-order valence-electron chi connectivity index (χ2n) is 9.43. The van der Waals surface area contributed by atoms with E-state index in [0.29, 0.717) is 22.9 Å². The first kappa shape index (κ1) is 29.4. The Balaban J connectivity index is 1.71. The summed E-state index contributed by atoms with van der Waals surface area (Å²) in [6.07, 6.45) is 4.95. The summed E-state index contributed by atoms with van der Waals surface area (Å²) in [5, 5.41) is 3.91. The van der Waals surface area contributed by atoms with Gasteiger partial charge in [0, 0.05) is 32.6 Å². The van der Waals surface area contributed by atoms with Crippen LogP contribution in [0, 0.1) is 0 Å². The highest BCUT2D eigenvalue weighted by molar-refractivity contribution is 7.89. The van der Waals surface area contributed by atoms with Gasteiger partial charge in [0.25, 0.3) is 0 Å². The second-order valence-corrected chi connectivity index (χ2v) is 12.3. The molecule has 1 saturated carbocycles. The van der Waals surface area contributed by atoms with Crippen molar-refractivity contribution in [2.24, 2.45) is 0 Å². The first-order valence-electron chi connectivity index (χ1n) is 12.7. The number of benzene rings is 2. The average molecular weight is 569 g/mol. The fraction of sp³-hybridized carbons (Fsp3) is 0.481. The van der Waals surface area contributed by atoms with E-state index in [1.54, 1.807) is 53.4 Å². The second kappa shape index (κ2) is 13.6. The molecule has 0 spiro atoms. The van der Waals surface area contributed by atoms with Gasteiger partial charge in [-0.05, 0) is 55.5 Å². The van der Waals surface area contributed by atoms with Gasteiger partial charge in [0.15, 0.2) is 0 Å². The molecular weight excluding hydrogens is 533 g/mol. The number of hydrogen-bond acceptors (Lipinski definition) is 4. The zero-order valence-electron chi connectivity index (χ0n) is 21.3. The SMILES string of the molecule is CCC(C(=O)NC1CCCC1)N(Cc1ccc(Cl)c(Cl)c1)C(=O)CCCN(C)S(=O)(=O)c1ccccc1. The topological polar surface area (TPSA) is 86.8 Å². The molecular formula is C27H35Cl2N3O4S. The summed E-state index contributed by atoms with van der Waals surface area (Å²) in [7, 11) is -2.14. The average Bonchev–Trinajstić information content (AvgIpc) is 3.39. The van der Waals surface area contributed by atoms with E-state index in [-0.39, 0.29) is 42.3 Å². The summed E-state index contributed by atoms with van der Waals surface area (Å²) in [6.45, 7) is 2.26. The molecule has 2 amide bonds. The van der Waals surface area contributed by atoms with E-state index < -0.39 is 16.1 Å². The van der Waals surface area contributed by atoms with E-state index in [1.165, 1.54) is 11.4 Å². The molecule has 1 fully saturated rings. The number of nitrogens with one attached hydrogen (secondary N) is 1. The number of nitrogens with zero attached hydrogens (tertiary/aromatic N) is 2. The molecule has 1 N–H and O–H groups in total. The fourth-order valence-electron chi connectivity index (χ4n) is 4.61. The van der Waals surface area contributed by atoms with Crippen molar-refractivity contribution in [3.63, 3.8) is 0 Å². The molecule has 0 aromatic heterocycles.